The predicted molar refractivity (Wildman–Crippen MR) is 145 cm³/mol. The van der Waals surface area contributed by atoms with Gasteiger partial charge in [0.05, 0.1) is 17.6 Å². The molecule has 0 bridgehead atoms. The lowest BCUT2D eigenvalue weighted by atomic mass is 10.0. The smallest absolute Gasteiger partial charge is 0.247 e. The number of aryl methyl sites for hydroxylation is 2. The molecule has 6 heteroatoms. The van der Waals surface area contributed by atoms with Crippen molar-refractivity contribution in [3.05, 3.63) is 94.3 Å². The van der Waals surface area contributed by atoms with Gasteiger partial charge in [0.15, 0.2) is 0 Å². The topological polar surface area (TPSA) is 47.4 Å². The van der Waals surface area contributed by atoms with Crippen molar-refractivity contribution in [1.29, 1.82) is 0 Å². The predicted octanol–water partition coefficient (Wildman–Crippen LogP) is 6.41. The average Bonchev–Trinajstić information content (AvgIpc) is 3.21. The van der Waals surface area contributed by atoms with Crippen LogP contribution in [0.2, 0.25) is 5.02 Å². The molecule has 0 aliphatic rings. The Balaban J connectivity index is 1.72. The summed E-state index contributed by atoms with van der Waals surface area (Å²) in [6.45, 7) is 5.27. The van der Waals surface area contributed by atoms with Crippen molar-refractivity contribution in [1.82, 2.24) is 9.55 Å². The average molecular weight is 488 g/mol. The number of imidazole rings is 1. The van der Waals surface area contributed by atoms with Crippen LogP contribution in [-0.2, 0) is 22.5 Å². The monoisotopic (exact) mass is 487 g/mol. The number of fused-ring (bicyclic) bond motifs is 1. The molecule has 0 atom stereocenters. The fourth-order valence-corrected chi connectivity index (χ4v) is 4.41. The number of methoxy groups -OCH3 is 1. The molecule has 0 saturated carbocycles. The van der Waals surface area contributed by atoms with E-state index in [2.05, 4.69) is 26.0 Å². The first kappa shape index (κ1) is 24.7. The van der Waals surface area contributed by atoms with Crippen LogP contribution in [0.5, 0.6) is 0 Å². The van der Waals surface area contributed by atoms with Gasteiger partial charge >= 0.3 is 0 Å². The number of hydrogen-bond acceptors (Lipinski definition) is 3. The van der Waals surface area contributed by atoms with Gasteiger partial charge in [-0.1, -0.05) is 67.1 Å². The third kappa shape index (κ3) is 5.64. The number of aromatic nitrogens is 2. The lowest BCUT2D eigenvalue weighted by Crippen LogP contribution is -2.37. The molecule has 3 aromatic carbocycles. The number of halogens is 1. The molecule has 0 fully saturated rings. The minimum Gasteiger partial charge on any atom is -0.383 e. The highest BCUT2D eigenvalue weighted by Gasteiger charge is 2.22. The molecule has 4 aromatic rings. The van der Waals surface area contributed by atoms with Gasteiger partial charge in [-0.25, -0.2) is 4.98 Å². The summed E-state index contributed by atoms with van der Waals surface area (Å²) in [5.74, 6) is 0.719. The van der Waals surface area contributed by atoms with Gasteiger partial charge in [0.1, 0.15) is 12.4 Å². The first-order valence-electron chi connectivity index (χ1n) is 11.8. The molecule has 0 saturated heterocycles. The van der Waals surface area contributed by atoms with Crippen molar-refractivity contribution in [2.24, 2.45) is 0 Å². The van der Waals surface area contributed by atoms with Crippen LogP contribution in [0.25, 0.3) is 23.2 Å². The zero-order valence-electron chi connectivity index (χ0n) is 20.4. The lowest BCUT2D eigenvalue weighted by Gasteiger charge is -2.27. The fourth-order valence-electron chi connectivity index (χ4n) is 4.29. The van der Waals surface area contributed by atoms with Gasteiger partial charge in [0.25, 0.3) is 0 Å². The maximum absolute atomic E-state index is 13.8. The van der Waals surface area contributed by atoms with Crippen molar-refractivity contribution < 1.29 is 9.53 Å². The van der Waals surface area contributed by atoms with Gasteiger partial charge in [-0.15, -0.1) is 0 Å². The highest BCUT2D eigenvalue weighted by Crippen LogP contribution is 2.27. The first-order chi connectivity index (χ1) is 17.0. The number of carbonyl (C=O) groups excluding carboxylic acids is 1. The molecule has 5 nitrogen and oxygen atoms in total. The molecule has 180 valence electrons. The molecule has 1 heterocycles. The Labute approximate surface area is 211 Å². The minimum atomic E-state index is -0.00431. The third-order valence-corrected chi connectivity index (χ3v) is 6.32. The summed E-state index contributed by atoms with van der Waals surface area (Å²) < 4.78 is 7.33. The van der Waals surface area contributed by atoms with E-state index in [0.29, 0.717) is 18.2 Å². The van der Waals surface area contributed by atoms with E-state index >= 15 is 0 Å². The van der Waals surface area contributed by atoms with E-state index in [1.807, 2.05) is 76.2 Å². The quantitative estimate of drug-likeness (QED) is 0.274. The van der Waals surface area contributed by atoms with Crippen LogP contribution in [0.1, 0.15) is 29.4 Å². The van der Waals surface area contributed by atoms with Crippen LogP contribution in [0, 0.1) is 6.92 Å². The second kappa shape index (κ2) is 11.3. The van der Waals surface area contributed by atoms with Gasteiger partial charge in [-0.3, -0.25) is 4.79 Å². The summed E-state index contributed by atoms with van der Waals surface area (Å²) in [6.07, 6.45) is 4.77. The van der Waals surface area contributed by atoms with E-state index in [9.17, 15) is 4.79 Å². The number of anilines is 1. The molecule has 0 radical (unpaired) electrons. The van der Waals surface area contributed by atoms with Crippen molar-refractivity contribution >= 4 is 46.4 Å². The first-order valence-corrected chi connectivity index (χ1v) is 12.2. The summed E-state index contributed by atoms with van der Waals surface area (Å²) in [5.41, 5.74) is 5.97. The Morgan fingerprint density at radius 1 is 1.06 bits per heavy atom. The summed E-state index contributed by atoms with van der Waals surface area (Å²) >= 11 is 6.02. The number of hydrogen-bond donors (Lipinski definition) is 0. The van der Waals surface area contributed by atoms with Crippen LogP contribution >= 0.6 is 11.6 Å². The molecular formula is C29H30ClN3O2. The van der Waals surface area contributed by atoms with Crippen LogP contribution in [0.3, 0.4) is 0 Å². The molecule has 0 unspecified atom stereocenters. The largest absolute Gasteiger partial charge is 0.383 e. The number of amides is 1. The van der Waals surface area contributed by atoms with E-state index in [4.69, 9.17) is 21.3 Å². The Hall–Kier alpha value is -3.41. The summed E-state index contributed by atoms with van der Waals surface area (Å²) in [7, 11) is 1.66. The van der Waals surface area contributed by atoms with E-state index in [1.165, 1.54) is 0 Å². The van der Waals surface area contributed by atoms with Gasteiger partial charge in [0.2, 0.25) is 5.91 Å². The second-order valence-corrected chi connectivity index (χ2v) is 8.84. The summed E-state index contributed by atoms with van der Waals surface area (Å²) in [6, 6.07) is 21.7. The second-order valence-electron chi connectivity index (χ2n) is 8.40. The highest BCUT2D eigenvalue weighted by molar-refractivity contribution is 6.30. The minimum absolute atomic E-state index is 0.00431. The van der Waals surface area contributed by atoms with Gasteiger partial charge in [-0.05, 0) is 60.4 Å². The van der Waals surface area contributed by atoms with E-state index in [0.717, 1.165) is 45.7 Å². The van der Waals surface area contributed by atoms with Crippen LogP contribution in [0.4, 0.5) is 5.69 Å². The fraction of sp³-hybridized carbons (Fsp3) is 0.241. The molecular weight excluding hydrogens is 458 g/mol. The van der Waals surface area contributed by atoms with Gasteiger partial charge in [-0.2, -0.15) is 0 Å². The van der Waals surface area contributed by atoms with Crippen LogP contribution in [0.15, 0.2) is 66.7 Å². The molecule has 1 amide bonds. The normalized spacial score (nSPS) is 11.4. The third-order valence-electron chi connectivity index (χ3n) is 6.06. The number of carbonyl (C=O) groups is 1. The summed E-state index contributed by atoms with van der Waals surface area (Å²) in [5, 5.41) is 0.693. The van der Waals surface area contributed by atoms with Gasteiger partial charge < -0.3 is 14.2 Å². The Morgan fingerprint density at radius 2 is 1.83 bits per heavy atom. The number of ether oxygens (including phenoxy) is 1. The van der Waals surface area contributed by atoms with Crippen LogP contribution < -0.4 is 4.90 Å². The van der Waals surface area contributed by atoms with Crippen molar-refractivity contribution in [3.8, 4) is 0 Å². The number of benzene rings is 3. The summed E-state index contributed by atoms with van der Waals surface area (Å²) in [4.78, 5) is 20.5. The van der Waals surface area contributed by atoms with Crippen molar-refractivity contribution in [2.75, 3.05) is 25.2 Å². The van der Waals surface area contributed by atoms with Crippen LogP contribution in [-0.4, -0.2) is 35.7 Å². The molecule has 35 heavy (non-hydrogen) atoms. The van der Waals surface area contributed by atoms with Gasteiger partial charge in [0, 0.05) is 24.4 Å². The molecule has 0 N–H and O–H groups in total. The Morgan fingerprint density at radius 3 is 2.57 bits per heavy atom. The maximum atomic E-state index is 13.8. The highest BCUT2D eigenvalue weighted by atomic mass is 35.5. The molecule has 0 spiro atoms. The Bertz CT molecular complexity index is 1340. The SMILES string of the molecule is CCc1cccc(C)c1N(CCOC)C(=O)Cn1c(/C=C/c2ccc(Cl)cc2)nc2ccccc21. The van der Waals surface area contributed by atoms with Crippen molar-refractivity contribution in [3.63, 3.8) is 0 Å². The van der Waals surface area contributed by atoms with E-state index in [-0.39, 0.29) is 12.5 Å². The number of nitrogens with zero attached hydrogens (tertiary/aromatic N) is 3. The lowest BCUT2D eigenvalue weighted by molar-refractivity contribution is -0.119. The van der Waals surface area contributed by atoms with Crippen molar-refractivity contribution in [2.45, 2.75) is 26.8 Å². The molecule has 0 aliphatic carbocycles. The Kier molecular flexibility index (Phi) is 8.01. The molecule has 0 aliphatic heterocycles. The number of rotatable bonds is 9. The zero-order valence-corrected chi connectivity index (χ0v) is 21.1. The zero-order chi connectivity index (χ0) is 24.8. The standard InChI is InChI=1S/C29H30ClN3O2/c1-4-23-9-7-8-21(2)29(23)32(18-19-35-3)28(34)20-33-26-11-6-5-10-25(26)31-27(33)17-14-22-12-15-24(30)16-13-22/h5-17H,4,18-20H2,1-3H3/b17-14+. The van der Waals surface area contributed by atoms with E-state index in [1.54, 1.807) is 7.11 Å². The molecule has 1 aromatic heterocycles. The number of para-hydroxylation sites is 3. The van der Waals surface area contributed by atoms with E-state index < -0.39 is 0 Å². The maximum Gasteiger partial charge on any atom is 0.247 e. The molecule has 4 rings (SSSR count).